The van der Waals surface area contributed by atoms with E-state index in [-0.39, 0.29) is 31.2 Å². The van der Waals surface area contributed by atoms with Gasteiger partial charge in [0, 0.05) is 29.9 Å². The molecule has 2 unspecified atom stereocenters. The Bertz CT molecular complexity index is 1680. The second-order valence-electron chi connectivity index (χ2n) is 9.57. The monoisotopic (exact) mass is 575 g/mol. The van der Waals surface area contributed by atoms with Crippen molar-refractivity contribution in [1.29, 1.82) is 0 Å². The third-order valence-electron chi connectivity index (χ3n) is 7.39. The highest BCUT2D eigenvalue weighted by molar-refractivity contribution is 8.30. The Balaban J connectivity index is 1.46. The summed E-state index contributed by atoms with van der Waals surface area (Å²) in [6.45, 7) is 3.98. The van der Waals surface area contributed by atoms with E-state index in [0.717, 1.165) is 30.2 Å². The molecule has 1 aromatic heterocycles. The van der Waals surface area contributed by atoms with Crippen LogP contribution in [0.5, 0.6) is 0 Å². The van der Waals surface area contributed by atoms with Gasteiger partial charge in [-0.15, -0.1) is 17.9 Å². The molecule has 0 spiro atoms. The van der Waals surface area contributed by atoms with E-state index in [2.05, 4.69) is 47.9 Å². The number of hydrogen-bond acceptors (Lipinski definition) is 8. The van der Waals surface area contributed by atoms with E-state index in [1.165, 1.54) is 44.2 Å². The number of benzene rings is 2. The molecule has 1 saturated heterocycles. The molecule has 0 bridgehead atoms. The van der Waals surface area contributed by atoms with Gasteiger partial charge in [-0.1, -0.05) is 60.7 Å². The summed E-state index contributed by atoms with van der Waals surface area (Å²) in [5.74, 6) is 0.161. The number of rotatable bonds is 7. The van der Waals surface area contributed by atoms with E-state index >= 15 is 0 Å². The van der Waals surface area contributed by atoms with Gasteiger partial charge in [-0.05, 0) is 54.3 Å². The predicted molar refractivity (Wildman–Crippen MR) is 159 cm³/mol. The Kier molecular flexibility index (Phi) is 7.01. The Labute approximate surface area is 238 Å². The number of aromatic nitrogens is 1. The van der Waals surface area contributed by atoms with Gasteiger partial charge >= 0.3 is 0 Å². The number of thiazole rings is 1. The minimum absolute atomic E-state index is 0.283. The largest absolute Gasteiger partial charge is 0.446 e. The maximum Gasteiger partial charge on any atom is 0.294 e. The molecule has 1 aliphatic carbocycles. The molecular formula is C29H25N3O4S3. The molecule has 39 heavy (non-hydrogen) atoms. The zero-order valence-electron chi connectivity index (χ0n) is 20.9. The van der Waals surface area contributed by atoms with Crippen LogP contribution >= 0.6 is 35.3 Å². The molecule has 3 aliphatic rings. The topological polar surface area (TPSA) is 71.8 Å². The Morgan fingerprint density at radius 2 is 1.95 bits per heavy atom. The fraction of sp³-hybridized carbons (Fsp3) is 0.241. The predicted octanol–water partition coefficient (Wildman–Crippen LogP) is 3.81. The molecule has 2 fully saturated rings. The molecule has 1 amide bonds. The number of hydrogen-bond donors (Lipinski definition) is 0. The number of thiocarbonyl (C=S) groups is 1. The first-order valence-corrected chi connectivity index (χ1v) is 14.7. The molecule has 0 N–H and O–H groups in total. The molecule has 2 atom stereocenters. The average molecular weight is 576 g/mol. The molecule has 1 saturated carbocycles. The number of carbonyl (C=O) groups is 2. The second kappa shape index (κ2) is 10.6. The first-order chi connectivity index (χ1) is 19.0. The average Bonchev–Trinajstić information content (AvgIpc) is 3.68. The summed E-state index contributed by atoms with van der Waals surface area (Å²) in [5, 5.41) is 0. The van der Waals surface area contributed by atoms with Gasteiger partial charge < -0.3 is 9.64 Å². The van der Waals surface area contributed by atoms with E-state index in [1.807, 2.05) is 18.2 Å². The number of amides is 1. The van der Waals surface area contributed by atoms with Crippen LogP contribution in [0.15, 0.2) is 66.0 Å². The van der Waals surface area contributed by atoms with Gasteiger partial charge in [-0.3, -0.25) is 23.9 Å². The van der Waals surface area contributed by atoms with E-state index in [1.54, 1.807) is 6.08 Å². The lowest BCUT2D eigenvalue weighted by atomic mass is 9.96. The van der Waals surface area contributed by atoms with E-state index in [0.29, 0.717) is 30.4 Å². The molecule has 0 radical (unpaired) electrons. The minimum Gasteiger partial charge on any atom is -0.446 e. The summed E-state index contributed by atoms with van der Waals surface area (Å²) < 4.78 is 7.53. The van der Waals surface area contributed by atoms with Gasteiger partial charge in [-0.2, -0.15) is 0 Å². The molecule has 6 rings (SSSR count). The van der Waals surface area contributed by atoms with Gasteiger partial charge in [0.05, 0.1) is 4.53 Å². The van der Waals surface area contributed by atoms with Crippen molar-refractivity contribution in [3.63, 3.8) is 0 Å². The summed E-state index contributed by atoms with van der Waals surface area (Å²) in [4.78, 5) is 41.7. The maximum atomic E-state index is 13.4. The first-order valence-electron chi connectivity index (χ1n) is 12.7. The number of carbonyl (C=O) groups excluding carboxylic acids is 2. The number of para-hydroxylation sites is 1. The van der Waals surface area contributed by atoms with Crippen molar-refractivity contribution >= 4 is 74.4 Å². The van der Waals surface area contributed by atoms with Crippen LogP contribution in [0.4, 0.5) is 11.4 Å². The van der Waals surface area contributed by atoms with Crippen molar-refractivity contribution in [2.45, 2.75) is 38.0 Å². The highest BCUT2D eigenvalue weighted by atomic mass is 32.2. The SMILES string of the molecule is C=CCN1C(=O)C(=c2sc(=Cc3ccc4c(c3)C3CCCC3N4c3ccccc3)c(=O)n2COC=O)SC1=S. The van der Waals surface area contributed by atoms with Crippen LogP contribution in [0.2, 0.25) is 0 Å². The zero-order valence-corrected chi connectivity index (χ0v) is 23.4. The molecule has 198 valence electrons. The second-order valence-corrected chi connectivity index (χ2v) is 12.2. The lowest BCUT2D eigenvalue weighted by Crippen LogP contribution is -2.34. The van der Waals surface area contributed by atoms with Crippen molar-refractivity contribution in [2.24, 2.45) is 0 Å². The molecule has 3 aromatic rings. The fourth-order valence-corrected chi connectivity index (χ4v) is 8.29. The third-order valence-corrected chi connectivity index (χ3v) is 10.1. The highest BCUT2D eigenvalue weighted by Crippen LogP contribution is 2.52. The van der Waals surface area contributed by atoms with Crippen LogP contribution in [-0.4, -0.2) is 38.8 Å². The van der Waals surface area contributed by atoms with E-state index in [4.69, 9.17) is 17.0 Å². The lowest BCUT2D eigenvalue weighted by molar-refractivity contribution is -0.132. The Hall–Kier alpha value is -3.47. The van der Waals surface area contributed by atoms with Crippen molar-refractivity contribution in [1.82, 2.24) is 9.47 Å². The van der Waals surface area contributed by atoms with E-state index in [9.17, 15) is 14.4 Å². The number of fused-ring (bicyclic) bond motifs is 3. The first kappa shape index (κ1) is 25.8. The van der Waals surface area contributed by atoms with Gasteiger partial charge in [0.2, 0.25) is 0 Å². The van der Waals surface area contributed by atoms with Crippen molar-refractivity contribution in [3.8, 4) is 0 Å². The Morgan fingerprint density at radius 1 is 1.13 bits per heavy atom. The lowest BCUT2D eigenvalue weighted by Gasteiger charge is -2.27. The fourth-order valence-electron chi connectivity index (χ4n) is 5.76. The van der Waals surface area contributed by atoms with Gasteiger partial charge in [0.1, 0.15) is 13.9 Å². The molecule has 2 aromatic carbocycles. The minimum atomic E-state index is -0.323. The van der Waals surface area contributed by atoms with Crippen molar-refractivity contribution in [2.75, 3.05) is 11.4 Å². The summed E-state index contributed by atoms with van der Waals surface area (Å²) in [6, 6.07) is 17.3. The molecule has 2 aliphatic heterocycles. The van der Waals surface area contributed by atoms with Crippen LogP contribution in [0.1, 0.15) is 36.3 Å². The van der Waals surface area contributed by atoms with Gasteiger partial charge in [0.25, 0.3) is 17.9 Å². The number of ether oxygens (including phenoxy) is 1. The summed E-state index contributed by atoms with van der Waals surface area (Å²) >= 11 is 7.72. The van der Waals surface area contributed by atoms with Crippen LogP contribution in [-0.2, 0) is 21.1 Å². The maximum absolute atomic E-state index is 13.4. The third kappa shape index (κ3) is 4.46. The standard InChI is InChI=1S/C29H25N3O4S3/c1-2-13-30-27(35)25(39-29(30)37)28-31(16-36-17-33)26(34)24(38-28)15-18-11-12-23-21(14-18)20-9-6-10-22(20)32(23)19-7-4-3-5-8-19/h2-5,7-8,11-12,14-15,17,20,22H,1,6,9-10,13,16H2. The molecule has 3 heterocycles. The summed E-state index contributed by atoms with van der Waals surface area (Å²) in [7, 11) is 0. The van der Waals surface area contributed by atoms with E-state index < -0.39 is 0 Å². The van der Waals surface area contributed by atoms with Crippen LogP contribution in [0.3, 0.4) is 0 Å². The van der Waals surface area contributed by atoms with Crippen molar-refractivity contribution < 1.29 is 14.3 Å². The van der Waals surface area contributed by atoms with Crippen molar-refractivity contribution in [3.05, 3.63) is 91.9 Å². The quantitative estimate of drug-likeness (QED) is 0.241. The highest BCUT2D eigenvalue weighted by Gasteiger charge is 2.42. The van der Waals surface area contributed by atoms with Crippen LogP contribution < -0.4 is 19.7 Å². The molecule has 10 heteroatoms. The van der Waals surface area contributed by atoms with Crippen LogP contribution in [0.25, 0.3) is 11.0 Å². The normalized spacial score (nSPS) is 21.9. The molecule has 7 nitrogen and oxygen atoms in total. The number of anilines is 2. The summed E-state index contributed by atoms with van der Waals surface area (Å²) in [6.07, 6.45) is 6.94. The number of nitrogens with zero attached hydrogens (tertiary/aromatic N) is 3. The summed E-state index contributed by atoms with van der Waals surface area (Å²) in [5.41, 5.74) is 4.32. The van der Waals surface area contributed by atoms with Crippen LogP contribution in [0, 0.1) is 0 Å². The smallest absolute Gasteiger partial charge is 0.294 e. The number of thioether (sulfide) groups is 1. The Morgan fingerprint density at radius 3 is 2.72 bits per heavy atom. The molecular weight excluding hydrogens is 551 g/mol. The van der Waals surface area contributed by atoms with Gasteiger partial charge in [0.15, 0.2) is 6.73 Å². The van der Waals surface area contributed by atoms with Gasteiger partial charge in [-0.25, -0.2) is 0 Å². The zero-order chi connectivity index (χ0) is 27.1.